The first kappa shape index (κ1) is 21.7. The third kappa shape index (κ3) is 7.05. The highest BCUT2D eigenvalue weighted by atomic mass is 79.9. The molecule has 6 heteroatoms. The van der Waals surface area contributed by atoms with Crippen LogP contribution in [-0.2, 0) is 11.3 Å². The Bertz CT molecular complexity index is 813. The number of piperidine rings is 1. The summed E-state index contributed by atoms with van der Waals surface area (Å²) in [5.41, 5.74) is 0.678. The first-order chi connectivity index (χ1) is 13.8. The van der Waals surface area contributed by atoms with Gasteiger partial charge in [-0.2, -0.15) is 0 Å². The van der Waals surface area contributed by atoms with Crippen LogP contribution in [0.25, 0.3) is 0 Å². The molecule has 3 rings (SSSR count). The van der Waals surface area contributed by atoms with E-state index in [1.54, 1.807) is 0 Å². The number of ether oxygens (including phenoxy) is 2. The molecule has 0 saturated carbocycles. The van der Waals surface area contributed by atoms with Crippen molar-refractivity contribution in [2.75, 3.05) is 13.1 Å². The van der Waals surface area contributed by atoms with Gasteiger partial charge in [0.05, 0.1) is 0 Å². The lowest BCUT2D eigenvalue weighted by molar-refractivity contribution is 0.0477. The Morgan fingerprint density at radius 3 is 2.48 bits per heavy atom. The van der Waals surface area contributed by atoms with Crippen LogP contribution >= 0.6 is 15.9 Å². The van der Waals surface area contributed by atoms with Crippen LogP contribution in [0.1, 0.15) is 39.2 Å². The van der Waals surface area contributed by atoms with E-state index in [1.165, 1.54) is 0 Å². The van der Waals surface area contributed by atoms with Crippen molar-refractivity contribution in [3.8, 4) is 11.5 Å². The van der Waals surface area contributed by atoms with E-state index in [9.17, 15) is 4.79 Å². The van der Waals surface area contributed by atoms with Crippen molar-refractivity contribution in [2.45, 2.75) is 51.8 Å². The monoisotopic (exact) mass is 460 g/mol. The summed E-state index contributed by atoms with van der Waals surface area (Å²) in [5.74, 6) is 1.69. The van der Waals surface area contributed by atoms with Gasteiger partial charge >= 0.3 is 6.09 Å². The molecule has 1 heterocycles. The zero-order chi connectivity index (χ0) is 20.9. The number of benzene rings is 2. The van der Waals surface area contributed by atoms with E-state index in [2.05, 4.69) is 32.2 Å². The lowest BCUT2D eigenvalue weighted by Gasteiger charge is -2.33. The third-order valence-corrected chi connectivity index (χ3v) is 5.20. The third-order valence-electron chi connectivity index (χ3n) is 4.70. The average molecular weight is 461 g/mol. The molecule has 5 nitrogen and oxygen atoms in total. The zero-order valence-corrected chi connectivity index (χ0v) is 18.9. The molecule has 0 bridgehead atoms. The predicted molar refractivity (Wildman–Crippen MR) is 118 cm³/mol. The number of carbonyl (C=O) groups excluding carboxylic acids is 1. The predicted octanol–water partition coefficient (Wildman–Crippen LogP) is 5.73. The highest BCUT2D eigenvalue weighted by Crippen LogP contribution is 2.30. The smallest absolute Gasteiger partial charge is 0.407 e. The first-order valence-electron chi connectivity index (χ1n) is 10.0. The Labute approximate surface area is 181 Å². The maximum Gasteiger partial charge on any atom is 0.407 e. The molecule has 1 N–H and O–H groups in total. The summed E-state index contributed by atoms with van der Waals surface area (Å²) >= 11 is 3.54. The van der Waals surface area contributed by atoms with Gasteiger partial charge in [-0.15, -0.1) is 0 Å². The number of nitrogens with one attached hydrogen (secondary N) is 1. The summed E-state index contributed by atoms with van der Waals surface area (Å²) in [6.45, 7) is 8.28. The molecule has 156 valence electrons. The molecule has 0 aromatic heterocycles. The fraction of sp³-hybridized carbons (Fsp3) is 0.435. The standard InChI is InChI=1S/C23H29BrN2O3/c1-23(2,3)29-22(27)25-19-11-13-26(14-12-19)16-17-9-10-18(24)15-21(17)28-20-7-5-4-6-8-20/h4-10,15,19H,11-14,16H2,1-3H3,(H,25,27). The zero-order valence-electron chi connectivity index (χ0n) is 17.3. The van der Waals surface area contributed by atoms with E-state index >= 15 is 0 Å². The number of halogens is 1. The molecule has 1 saturated heterocycles. The molecule has 0 aliphatic carbocycles. The van der Waals surface area contributed by atoms with E-state index in [1.807, 2.05) is 63.2 Å². The number of likely N-dealkylation sites (tertiary alicyclic amines) is 1. The molecule has 1 fully saturated rings. The second-order valence-electron chi connectivity index (χ2n) is 8.36. The Balaban J connectivity index is 1.56. The topological polar surface area (TPSA) is 50.8 Å². The Hall–Kier alpha value is -2.05. The number of rotatable bonds is 5. The maximum atomic E-state index is 12.0. The van der Waals surface area contributed by atoms with Crippen LogP contribution in [0.15, 0.2) is 53.0 Å². The van der Waals surface area contributed by atoms with Crippen LogP contribution in [0.4, 0.5) is 4.79 Å². The lowest BCUT2D eigenvalue weighted by Crippen LogP contribution is -2.45. The van der Waals surface area contributed by atoms with Gasteiger partial charge < -0.3 is 14.8 Å². The van der Waals surface area contributed by atoms with Gasteiger partial charge in [-0.3, -0.25) is 4.90 Å². The molecule has 1 aliphatic rings. The molecule has 0 radical (unpaired) electrons. The molecular weight excluding hydrogens is 432 g/mol. The van der Waals surface area contributed by atoms with Gasteiger partial charge in [0.15, 0.2) is 0 Å². The fourth-order valence-corrected chi connectivity index (χ4v) is 3.66. The second kappa shape index (κ2) is 9.63. The molecule has 2 aromatic rings. The minimum Gasteiger partial charge on any atom is -0.457 e. The van der Waals surface area contributed by atoms with Crippen LogP contribution < -0.4 is 10.1 Å². The normalized spacial score (nSPS) is 15.7. The molecule has 0 unspecified atom stereocenters. The summed E-state index contributed by atoms with van der Waals surface area (Å²) in [7, 11) is 0. The van der Waals surface area contributed by atoms with Gasteiger partial charge in [0.1, 0.15) is 17.1 Å². The van der Waals surface area contributed by atoms with Crippen molar-refractivity contribution >= 4 is 22.0 Å². The largest absolute Gasteiger partial charge is 0.457 e. The number of nitrogens with zero attached hydrogens (tertiary/aromatic N) is 1. The summed E-state index contributed by atoms with van der Waals surface area (Å²) in [6.07, 6.45) is 1.48. The summed E-state index contributed by atoms with van der Waals surface area (Å²) in [5, 5.41) is 2.99. The van der Waals surface area contributed by atoms with Crippen LogP contribution in [0.5, 0.6) is 11.5 Å². The quantitative estimate of drug-likeness (QED) is 0.618. The summed E-state index contributed by atoms with van der Waals surface area (Å²) in [4.78, 5) is 14.4. The Morgan fingerprint density at radius 2 is 1.83 bits per heavy atom. The van der Waals surface area contributed by atoms with Gasteiger partial charge in [-0.05, 0) is 57.9 Å². The molecule has 1 aliphatic heterocycles. The first-order valence-corrected chi connectivity index (χ1v) is 10.8. The van der Waals surface area contributed by atoms with Gasteiger partial charge in [0, 0.05) is 35.7 Å². The van der Waals surface area contributed by atoms with Gasteiger partial charge in [0.25, 0.3) is 0 Å². The SMILES string of the molecule is CC(C)(C)OC(=O)NC1CCN(Cc2ccc(Br)cc2Oc2ccccc2)CC1. The Kier molecular flexibility index (Phi) is 7.19. The van der Waals surface area contributed by atoms with Crippen molar-refractivity contribution in [3.05, 3.63) is 58.6 Å². The number of para-hydroxylation sites is 1. The molecular formula is C23H29BrN2O3. The van der Waals surface area contributed by atoms with E-state index in [0.717, 1.165) is 54.0 Å². The number of alkyl carbamates (subject to hydrolysis) is 1. The molecule has 0 spiro atoms. The van der Waals surface area contributed by atoms with E-state index in [-0.39, 0.29) is 12.1 Å². The Morgan fingerprint density at radius 1 is 1.14 bits per heavy atom. The average Bonchev–Trinajstić information content (AvgIpc) is 2.65. The van der Waals surface area contributed by atoms with E-state index < -0.39 is 5.60 Å². The van der Waals surface area contributed by atoms with Crippen molar-refractivity contribution in [1.82, 2.24) is 10.2 Å². The highest BCUT2D eigenvalue weighted by molar-refractivity contribution is 9.10. The van der Waals surface area contributed by atoms with Gasteiger partial charge in [0.2, 0.25) is 0 Å². The van der Waals surface area contributed by atoms with Gasteiger partial charge in [-0.1, -0.05) is 40.2 Å². The van der Waals surface area contributed by atoms with Crippen LogP contribution in [0.3, 0.4) is 0 Å². The maximum absolute atomic E-state index is 12.0. The van der Waals surface area contributed by atoms with Crippen molar-refractivity contribution in [1.29, 1.82) is 0 Å². The number of amides is 1. The van der Waals surface area contributed by atoms with Crippen LogP contribution in [0, 0.1) is 0 Å². The van der Waals surface area contributed by atoms with Crippen LogP contribution in [0.2, 0.25) is 0 Å². The summed E-state index contributed by atoms with van der Waals surface area (Å²) < 4.78 is 12.5. The highest BCUT2D eigenvalue weighted by Gasteiger charge is 2.24. The lowest BCUT2D eigenvalue weighted by atomic mass is 10.0. The molecule has 2 aromatic carbocycles. The second-order valence-corrected chi connectivity index (χ2v) is 9.28. The van der Waals surface area contributed by atoms with E-state index in [4.69, 9.17) is 9.47 Å². The summed E-state index contributed by atoms with van der Waals surface area (Å²) in [6, 6.07) is 16.1. The van der Waals surface area contributed by atoms with Crippen LogP contribution in [-0.4, -0.2) is 35.7 Å². The van der Waals surface area contributed by atoms with Crippen molar-refractivity contribution in [3.63, 3.8) is 0 Å². The molecule has 29 heavy (non-hydrogen) atoms. The molecule has 0 atom stereocenters. The van der Waals surface area contributed by atoms with Gasteiger partial charge in [-0.25, -0.2) is 4.79 Å². The molecule has 1 amide bonds. The number of carbonyl (C=O) groups is 1. The minimum atomic E-state index is -0.471. The van der Waals surface area contributed by atoms with E-state index in [0.29, 0.717) is 0 Å². The number of hydrogen-bond acceptors (Lipinski definition) is 4. The minimum absolute atomic E-state index is 0.158. The van der Waals surface area contributed by atoms with Crippen molar-refractivity contribution < 1.29 is 14.3 Å². The van der Waals surface area contributed by atoms with Crippen molar-refractivity contribution in [2.24, 2.45) is 0 Å². The number of hydrogen-bond donors (Lipinski definition) is 1. The fourth-order valence-electron chi connectivity index (χ4n) is 3.32.